The molecule has 80 valence electrons. The van der Waals surface area contributed by atoms with Gasteiger partial charge in [0.15, 0.2) is 0 Å². The first-order chi connectivity index (χ1) is 7.29. The molecule has 3 heteroatoms. The Hall–Kier alpha value is -0.640. The summed E-state index contributed by atoms with van der Waals surface area (Å²) in [4.78, 5) is 0. The molecule has 1 unspecified atom stereocenters. The fourth-order valence-corrected chi connectivity index (χ4v) is 1.78. The second-order valence-electron chi connectivity index (χ2n) is 3.53. The Kier molecular flexibility index (Phi) is 3.57. The molecular weight excluding hydrogens is 256 g/mol. The van der Waals surface area contributed by atoms with Gasteiger partial charge in [0.05, 0.1) is 19.8 Å². The minimum atomic E-state index is 0.330. The third-order valence-corrected chi connectivity index (χ3v) is 3.01. The highest BCUT2D eigenvalue weighted by atomic mass is 79.9. The summed E-state index contributed by atoms with van der Waals surface area (Å²) in [5.74, 6) is 0. The van der Waals surface area contributed by atoms with Gasteiger partial charge in [-0.15, -0.1) is 0 Å². The zero-order chi connectivity index (χ0) is 10.7. The summed E-state index contributed by atoms with van der Waals surface area (Å²) in [6.07, 6.45) is 2.16. The number of rotatable bonds is 5. The van der Waals surface area contributed by atoms with Crippen molar-refractivity contribution in [3.05, 3.63) is 40.4 Å². The van der Waals surface area contributed by atoms with Crippen LogP contribution in [-0.2, 0) is 16.1 Å². The largest absolute Gasteiger partial charge is 0.374 e. The number of hydrogen-bond acceptors (Lipinski definition) is 2. The number of benzene rings is 1. The van der Waals surface area contributed by atoms with Crippen LogP contribution in [0.3, 0.4) is 0 Å². The lowest BCUT2D eigenvalue weighted by Crippen LogP contribution is -2.01. The maximum atomic E-state index is 5.52. The molecule has 1 atom stereocenters. The van der Waals surface area contributed by atoms with Crippen molar-refractivity contribution in [2.24, 2.45) is 0 Å². The van der Waals surface area contributed by atoms with Crippen LogP contribution in [0.5, 0.6) is 0 Å². The number of epoxide rings is 1. The molecular formula is C12H13BrO2. The van der Waals surface area contributed by atoms with Crippen molar-refractivity contribution in [1.82, 2.24) is 0 Å². The smallest absolute Gasteiger partial charge is 0.104 e. The van der Waals surface area contributed by atoms with Crippen molar-refractivity contribution in [1.29, 1.82) is 0 Å². The van der Waals surface area contributed by atoms with E-state index in [1.807, 2.05) is 18.2 Å². The van der Waals surface area contributed by atoms with E-state index in [0.29, 0.717) is 19.3 Å². The monoisotopic (exact) mass is 268 g/mol. The zero-order valence-corrected chi connectivity index (χ0v) is 10.00. The summed E-state index contributed by atoms with van der Waals surface area (Å²) in [6.45, 7) is 5.88. The molecule has 0 N–H and O–H groups in total. The lowest BCUT2D eigenvalue weighted by molar-refractivity contribution is 0.104. The molecule has 1 fully saturated rings. The fraction of sp³-hybridized carbons (Fsp3) is 0.333. The van der Waals surface area contributed by atoms with Gasteiger partial charge < -0.3 is 9.47 Å². The first-order valence-corrected chi connectivity index (χ1v) is 5.69. The predicted octanol–water partition coefficient (Wildman–Crippen LogP) is 3.01. The highest BCUT2D eigenvalue weighted by Crippen LogP contribution is 2.20. The van der Waals surface area contributed by atoms with Gasteiger partial charge in [0.1, 0.15) is 6.10 Å². The van der Waals surface area contributed by atoms with Gasteiger partial charge in [0, 0.05) is 4.47 Å². The molecule has 1 saturated heterocycles. The van der Waals surface area contributed by atoms with Crippen LogP contribution in [0.25, 0.3) is 6.08 Å². The van der Waals surface area contributed by atoms with Crippen LogP contribution in [0.4, 0.5) is 0 Å². The van der Waals surface area contributed by atoms with Gasteiger partial charge in [-0.3, -0.25) is 0 Å². The van der Waals surface area contributed by atoms with Gasteiger partial charge in [0.2, 0.25) is 0 Å². The van der Waals surface area contributed by atoms with E-state index in [-0.39, 0.29) is 0 Å². The Labute approximate surface area is 98.0 Å². The second kappa shape index (κ2) is 4.92. The van der Waals surface area contributed by atoms with E-state index in [9.17, 15) is 0 Å². The maximum Gasteiger partial charge on any atom is 0.104 e. The lowest BCUT2D eigenvalue weighted by atomic mass is 10.1. The topological polar surface area (TPSA) is 21.8 Å². The number of ether oxygens (including phenoxy) is 2. The summed E-state index contributed by atoms with van der Waals surface area (Å²) in [5.41, 5.74) is 2.26. The summed E-state index contributed by atoms with van der Waals surface area (Å²) >= 11 is 3.51. The second-order valence-corrected chi connectivity index (χ2v) is 4.38. The average molecular weight is 269 g/mol. The Balaban J connectivity index is 1.91. The molecule has 2 rings (SSSR count). The molecule has 1 aliphatic rings. The van der Waals surface area contributed by atoms with E-state index in [1.54, 1.807) is 0 Å². The Morgan fingerprint density at radius 1 is 1.60 bits per heavy atom. The van der Waals surface area contributed by atoms with Gasteiger partial charge in [-0.2, -0.15) is 0 Å². The van der Waals surface area contributed by atoms with Gasteiger partial charge in [-0.05, 0) is 17.2 Å². The van der Waals surface area contributed by atoms with Crippen LogP contribution in [-0.4, -0.2) is 19.3 Å². The molecule has 0 amide bonds. The molecule has 2 nitrogen and oxygen atoms in total. The quantitative estimate of drug-likeness (QED) is 0.766. The van der Waals surface area contributed by atoms with Crippen molar-refractivity contribution in [2.75, 3.05) is 13.2 Å². The number of halogens is 1. The minimum Gasteiger partial charge on any atom is -0.374 e. The van der Waals surface area contributed by atoms with Gasteiger partial charge in [-0.1, -0.05) is 40.7 Å². The zero-order valence-electron chi connectivity index (χ0n) is 8.41. The summed E-state index contributed by atoms with van der Waals surface area (Å²) in [5, 5.41) is 0. The standard InChI is InChI=1S/C12H13BrO2/c1-2-9-3-4-10(12(13)5-9)6-14-7-11-8-15-11/h2-5,11H,1,6-8H2. The predicted molar refractivity (Wildman–Crippen MR) is 63.6 cm³/mol. The molecule has 1 aromatic rings. The highest BCUT2D eigenvalue weighted by Gasteiger charge is 2.22. The van der Waals surface area contributed by atoms with Crippen LogP contribution in [0.1, 0.15) is 11.1 Å². The van der Waals surface area contributed by atoms with Crippen LogP contribution in [0.15, 0.2) is 29.3 Å². The molecule has 1 aromatic carbocycles. The van der Waals surface area contributed by atoms with Gasteiger partial charge >= 0.3 is 0 Å². The highest BCUT2D eigenvalue weighted by molar-refractivity contribution is 9.10. The lowest BCUT2D eigenvalue weighted by Gasteiger charge is -2.06. The molecule has 15 heavy (non-hydrogen) atoms. The van der Waals surface area contributed by atoms with Crippen LogP contribution in [0.2, 0.25) is 0 Å². The van der Waals surface area contributed by atoms with Crippen molar-refractivity contribution in [3.63, 3.8) is 0 Å². The fourth-order valence-electron chi connectivity index (χ4n) is 1.27. The van der Waals surface area contributed by atoms with Crippen LogP contribution >= 0.6 is 15.9 Å². The SMILES string of the molecule is C=Cc1ccc(COCC2CO2)c(Br)c1. The molecule has 0 saturated carbocycles. The Bertz CT molecular complexity index is 359. The first-order valence-electron chi connectivity index (χ1n) is 4.90. The summed E-state index contributed by atoms with van der Waals surface area (Å²) in [6, 6.07) is 6.12. The maximum absolute atomic E-state index is 5.52. The molecule has 0 aliphatic carbocycles. The van der Waals surface area contributed by atoms with Crippen molar-refractivity contribution in [3.8, 4) is 0 Å². The third kappa shape index (κ3) is 3.16. The van der Waals surface area contributed by atoms with Crippen molar-refractivity contribution >= 4 is 22.0 Å². The Morgan fingerprint density at radius 2 is 2.40 bits per heavy atom. The van der Waals surface area contributed by atoms with Gasteiger partial charge in [0.25, 0.3) is 0 Å². The molecule has 0 spiro atoms. The Morgan fingerprint density at radius 3 is 3.00 bits per heavy atom. The van der Waals surface area contributed by atoms with Crippen molar-refractivity contribution < 1.29 is 9.47 Å². The molecule has 1 aliphatic heterocycles. The van der Waals surface area contributed by atoms with E-state index in [0.717, 1.165) is 22.2 Å². The van der Waals surface area contributed by atoms with E-state index < -0.39 is 0 Å². The normalized spacial score (nSPS) is 18.9. The van der Waals surface area contributed by atoms with Crippen LogP contribution in [0, 0.1) is 0 Å². The van der Waals surface area contributed by atoms with E-state index >= 15 is 0 Å². The minimum absolute atomic E-state index is 0.330. The summed E-state index contributed by atoms with van der Waals surface area (Å²) < 4.78 is 11.6. The van der Waals surface area contributed by atoms with E-state index in [4.69, 9.17) is 9.47 Å². The molecule has 0 aromatic heterocycles. The molecule has 0 radical (unpaired) electrons. The first kappa shape index (κ1) is 10.9. The number of hydrogen-bond donors (Lipinski definition) is 0. The van der Waals surface area contributed by atoms with Crippen LogP contribution < -0.4 is 0 Å². The van der Waals surface area contributed by atoms with E-state index in [1.165, 1.54) is 0 Å². The molecule has 1 heterocycles. The average Bonchev–Trinajstić information content (AvgIpc) is 3.04. The summed E-state index contributed by atoms with van der Waals surface area (Å²) in [7, 11) is 0. The van der Waals surface area contributed by atoms with Crippen molar-refractivity contribution in [2.45, 2.75) is 12.7 Å². The van der Waals surface area contributed by atoms with Gasteiger partial charge in [-0.25, -0.2) is 0 Å². The molecule has 0 bridgehead atoms. The third-order valence-electron chi connectivity index (χ3n) is 2.28. The van der Waals surface area contributed by atoms with E-state index in [2.05, 4.69) is 28.6 Å².